The number of amides is 1. The number of aryl methyl sites for hydroxylation is 1. The summed E-state index contributed by atoms with van der Waals surface area (Å²) in [6, 6.07) is 3.66. The second kappa shape index (κ2) is 7.36. The molecule has 1 fully saturated rings. The van der Waals surface area contributed by atoms with Crippen LogP contribution < -0.4 is 20.1 Å². The molecule has 1 heterocycles. The van der Waals surface area contributed by atoms with Crippen LogP contribution in [0.5, 0.6) is 11.5 Å². The first kappa shape index (κ1) is 16.6. The Hall–Kier alpha value is -1.46. The molecule has 1 atom stereocenters. The van der Waals surface area contributed by atoms with Gasteiger partial charge in [0.15, 0.2) is 11.5 Å². The molecule has 2 N–H and O–H groups in total. The van der Waals surface area contributed by atoms with Gasteiger partial charge in [0, 0.05) is 18.3 Å². The number of nitrogens with one attached hydrogen (secondary N) is 2. The van der Waals surface area contributed by atoms with Gasteiger partial charge in [-0.3, -0.25) is 4.79 Å². The van der Waals surface area contributed by atoms with E-state index in [0.717, 1.165) is 30.8 Å². The Labute approximate surface area is 125 Å². The van der Waals surface area contributed by atoms with Gasteiger partial charge in [-0.25, -0.2) is 0 Å². The number of anilines is 1. The highest BCUT2D eigenvalue weighted by atomic mass is 35.5. The number of carbonyl (C=O) groups is 1. The molecule has 20 heavy (non-hydrogen) atoms. The number of rotatable bonds is 4. The van der Waals surface area contributed by atoms with Crippen molar-refractivity contribution in [2.75, 3.05) is 32.6 Å². The molecule has 0 aromatic heterocycles. The highest BCUT2D eigenvalue weighted by molar-refractivity contribution is 5.94. The molecule has 1 aromatic rings. The van der Waals surface area contributed by atoms with Gasteiger partial charge in [0.25, 0.3) is 0 Å². The van der Waals surface area contributed by atoms with E-state index >= 15 is 0 Å². The zero-order chi connectivity index (χ0) is 13.8. The fourth-order valence-electron chi connectivity index (χ4n) is 2.23. The fraction of sp³-hybridized carbons (Fsp3) is 0.500. The van der Waals surface area contributed by atoms with Gasteiger partial charge in [0.2, 0.25) is 5.91 Å². The van der Waals surface area contributed by atoms with Gasteiger partial charge in [-0.1, -0.05) is 0 Å². The minimum atomic E-state index is 0. The molecule has 0 aliphatic carbocycles. The van der Waals surface area contributed by atoms with Crippen molar-refractivity contribution in [2.24, 2.45) is 5.92 Å². The van der Waals surface area contributed by atoms with Crippen LogP contribution in [-0.4, -0.2) is 33.2 Å². The molecule has 1 unspecified atom stereocenters. The van der Waals surface area contributed by atoms with Crippen molar-refractivity contribution in [1.82, 2.24) is 5.32 Å². The normalized spacial score (nSPS) is 17.2. The van der Waals surface area contributed by atoms with Crippen LogP contribution in [0.25, 0.3) is 0 Å². The Morgan fingerprint density at radius 2 is 1.95 bits per heavy atom. The van der Waals surface area contributed by atoms with E-state index in [9.17, 15) is 4.79 Å². The highest BCUT2D eigenvalue weighted by Crippen LogP contribution is 2.33. The Kier molecular flexibility index (Phi) is 6.10. The summed E-state index contributed by atoms with van der Waals surface area (Å²) in [4.78, 5) is 12.1. The first-order valence-corrected chi connectivity index (χ1v) is 6.40. The Morgan fingerprint density at radius 3 is 2.50 bits per heavy atom. The number of carbonyl (C=O) groups excluding carboxylic acids is 1. The summed E-state index contributed by atoms with van der Waals surface area (Å²) < 4.78 is 10.5. The SMILES string of the molecule is COc1cc(C)c(NC(=O)C2CCNC2)cc1OC.Cl. The van der Waals surface area contributed by atoms with Crippen LogP contribution >= 0.6 is 12.4 Å². The predicted octanol–water partition coefficient (Wildman–Crippen LogP) is 1.98. The average Bonchev–Trinajstić information content (AvgIpc) is 2.94. The number of hydrogen-bond donors (Lipinski definition) is 2. The lowest BCUT2D eigenvalue weighted by molar-refractivity contribution is -0.119. The molecule has 6 heteroatoms. The molecular formula is C14H21ClN2O3. The van der Waals surface area contributed by atoms with Gasteiger partial charge >= 0.3 is 0 Å². The third kappa shape index (κ3) is 3.55. The van der Waals surface area contributed by atoms with E-state index < -0.39 is 0 Å². The molecule has 1 aliphatic rings. The smallest absolute Gasteiger partial charge is 0.228 e. The third-order valence-electron chi connectivity index (χ3n) is 3.42. The zero-order valence-corrected chi connectivity index (χ0v) is 12.8. The van der Waals surface area contributed by atoms with Crippen molar-refractivity contribution in [1.29, 1.82) is 0 Å². The molecule has 5 nitrogen and oxygen atoms in total. The number of halogens is 1. The van der Waals surface area contributed by atoms with Crippen molar-refractivity contribution in [3.63, 3.8) is 0 Å². The number of ether oxygens (including phenoxy) is 2. The van der Waals surface area contributed by atoms with Crippen molar-refractivity contribution >= 4 is 24.0 Å². The van der Waals surface area contributed by atoms with Crippen LogP contribution in [0.1, 0.15) is 12.0 Å². The molecular weight excluding hydrogens is 280 g/mol. The van der Waals surface area contributed by atoms with E-state index in [4.69, 9.17) is 9.47 Å². The van der Waals surface area contributed by atoms with Gasteiger partial charge in [-0.15, -0.1) is 12.4 Å². The molecule has 1 aliphatic heterocycles. The Morgan fingerprint density at radius 1 is 1.30 bits per heavy atom. The summed E-state index contributed by atoms with van der Waals surface area (Å²) in [7, 11) is 3.18. The lowest BCUT2D eigenvalue weighted by Crippen LogP contribution is -2.25. The second-order valence-corrected chi connectivity index (χ2v) is 4.70. The topological polar surface area (TPSA) is 59.6 Å². The maximum Gasteiger partial charge on any atom is 0.228 e. The van der Waals surface area contributed by atoms with Crippen LogP contribution in [0.4, 0.5) is 5.69 Å². The fourth-order valence-corrected chi connectivity index (χ4v) is 2.23. The first-order chi connectivity index (χ1) is 9.15. The molecule has 0 spiro atoms. The highest BCUT2D eigenvalue weighted by Gasteiger charge is 2.23. The molecule has 1 aromatic carbocycles. The van der Waals surface area contributed by atoms with Crippen molar-refractivity contribution in [2.45, 2.75) is 13.3 Å². The molecule has 1 amide bonds. The summed E-state index contributed by atoms with van der Waals surface area (Å²) in [6.07, 6.45) is 0.887. The third-order valence-corrected chi connectivity index (χ3v) is 3.42. The second-order valence-electron chi connectivity index (χ2n) is 4.70. The first-order valence-electron chi connectivity index (χ1n) is 6.40. The van der Waals surface area contributed by atoms with E-state index in [1.165, 1.54) is 0 Å². The minimum absolute atomic E-state index is 0. The van der Waals surface area contributed by atoms with E-state index in [-0.39, 0.29) is 24.2 Å². The lowest BCUT2D eigenvalue weighted by Gasteiger charge is -2.15. The monoisotopic (exact) mass is 300 g/mol. The van der Waals surface area contributed by atoms with Crippen LogP contribution in [0.15, 0.2) is 12.1 Å². The van der Waals surface area contributed by atoms with Crippen LogP contribution in [0.2, 0.25) is 0 Å². The van der Waals surface area contributed by atoms with Gasteiger partial charge in [-0.2, -0.15) is 0 Å². The van der Waals surface area contributed by atoms with Crippen LogP contribution in [0, 0.1) is 12.8 Å². The zero-order valence-electron chi connectivity index (χ0n) is 12.0. The maximum absolute atomic E-state index is 12.1. The summed E-state index contributed by atoms with van der Waals surface area (Å²) in [6.45, 7) is 3.59. The van der Waals surface area contributed by atoms with Crippen molar-refractivity contribution < 1.29 is 14.3 Å². The molecule has 0 bridgehead atoms. The van der Waals surface area contributed by atoms with Gasteiger partial charge in [-0.05, 0) is 31.5 Å². The average molecular weight is 301 g/mol. The van der Waals surface area contributed by atoms with Gasteiger partial charge < -0.3 is 20.1 Å². The van der Waals surface area contributed by atoms with Gasteiger partial charge in [0.1, 0.15) is 0 Å². The summed E-state index contributed by atoms with van der Waals surface area (Å²) in [5.74, 6) is 1.39. The molecule has 2 rings (SSSR count). The number of hydrogen-bond acceptors (Lipinski definition) is 4. The van der Waals surface area contributed by atoms with Crippen LogP contribution in [0.3, 0.4) is 0 Å². The largest absolute Gasteiger partial charge is 0.493 e. The molecule has 0 saturated carbocycles. The van der Waals surface area contributed by atoms with Crippen molar-refractivity contribution in [3.05, 3.63) is 17.7 Å². The van der Waals surface area contributed by atoms with E-state index in [1.807, 2.05) is 13.0 Å². The lowest BCUT2D eigenvalue weighted by atomic mass is 10.1. The number of methoxy groups -OCH3 is 2. The van der Waals surface area contributed by atoms with Crippen molar-refractivity contribution in [3.8, 4) is 11.5 Å². The summed E-state index contributed by atoms with van der Waals surface area (Å²) in [5.41, 5.74) is 1.73. The number of benzene rings is 1. The molecule has 0 radical (unpaired) electrons. The molecule has 1 saturated heterocycles. The van der Waals surface area contributed by atoms with E-state index in [0.29, 0.717) is 11.5 Å². The minimum Gasteiger partial charge on any atom is -0.493 e. The van der Waals surface area contributed by atoms with E-state index in [1.54, 1.807) is 20.3 Å². The summed E-state index contributed by atoms with van der Waals surface area (Å²) >= 11 is 0. The maximum atomic E-state index is 12.1. The van der Waals surface area contributed by atoms with Crippen LogP contribution in [-0.2, 0) is 4.79 Å². The standard InChI is InChI=1S/C14H20N2O3.ClH/c1-9-6-12(18-2)13(19-3)7-11(9)16-14(17)10-4-5-15-8-10;/h6-7,10,15H,4-5,8H2,1-3H3,(H,16,17);1H. The quantitative estimate of drug-likeness (QED) is 0.893. The van der Waals surface area contributed by atoms with Gasteiger partial charge in [0.05, 0.1) is 20.1 Å². The Balaban J connectivity index is 0.00000200. The summed E-state index contributed by atoms with van der Waals surface area (Å²) in [5, 5.41) is 6.15. The molecule has 112 valence electrons. The predicted molar refractivity (Wildman–Crippen MR) is 81.1 cm³/mol. The Bertz CT molecular complexity index is 474. The van der Waals surface area contributed by atoms with E-state index in [2.05, 4.69) is 10.6 Å².